The smallest absolute Gasteiger partial charge is 0.266 e. The van der Waals surface area contributed by atoms with Crippen LogP contribution in [0.4, 0.5) is 0 Å². The first kappa shape index (κ1) is 12.8. The van der Waals surface area contributed by atoms with Gasteiger partial charge in [0.15, 0.2) is 5.78 Å². The molecule has 0 spiro atoms. The average Bonchev–Trinajstić information content (AvgIpc) is 2.28. The van der Waals surface area contributed by atoms with Crippen molar-refractivity contribution in [2.45, 2.75) is 26.7 Å². The Kier molecular flexibility index (Phi) is 3.94. The van der Waals surface area contributed by atoms with Gasteiger partial charge in [-0.1, -0.05) is 6.92 Å². The Bertz CT molecular complexity index is 564. The zero-order valence-electron chi connectivity index (χ0n) is 9.66. The standard InChI is InChI=1S/C12H12N2O3/c1-3-9(15)5-11(16)10-4-8(6-13)12(17)14-7(10)2/h4H,3,5H2,1-2H3,(H,14,17). The van der Waals surface area contributed by atoms with Gasteiger partial charge in [0.1, 0.15) is 17.4 Å². The third-order valence-corrected chi connectivity index (χ3v) is 2.41. The molecule has 0 aliphatic carbocycles. The normalized spacial score (nSPS) is 9.71. The van der Waals surface area contributed by atoms with Crippen LogP contribution in [-0.2, 0) is 4.79 Å². The van der Waals surface area contributed by atoms with Crippen molar-refractivity contribution in [1.82, 2.24) is 4.98 Å². The molecule has 0 aliphatic rings. The first-order chi connectivity index (χ1) is 7.99. The molecule has 88 valence electrons. The number of carbonyl (C=O) groups is 2. The number of hydrogen-bond donors (Lipinski definition) is 1. The predicted octanol–water partition coefficient (Wildman–Crippen LogP) is 1.11. The van der Waals surface area contributed by atoms with E-state index in [0.717, 1.165) is 0 Å². The number of hydrogen-bond acceptors (Lipinski definition) is 4. The Morgan fingerprint density at radius 1 is 1.47 bits per heavy atom. The van der Waals surface area contributed by atoms with E-state index in [0.29, 0.717) is 12.1 Å². The summed E-state index contributed by atoms with van der Waals surface area (Å²) in [5.41, 5.74) is -0.0443. The molecule has 0 saturated carbocycles. The van der Waals surface area contributed by atoms with E-state index in [1.54, 1.807) is 19.9 Å². The fourth-order valence-electron chi connectivity index (χ4n) is 1.40. The number of nitrogens with zero attached hydrogens (tertiary/aromatic N) is 1. The molecule has 5 nitrogen and oxygen atoms in total. The van der Waals surface area contributed by atoms with Gasteiger partial charge in [-0.2, -0.15) is 5.26 Å². The van der Waals surface area contributed by atoms with Gasteiger partial charge >= 0.3 is 0 Å². The molecule has 0 bridgehead atoms. The summed E-state index contributed by atoms with van der Waals surface area (Å²) in [6, 6.07) is 2.94. The topological polar surface area (TPSA) is 90.8 Å². The monoisotopic (exact) mass is 232 g/mol. The van der Waals surface area contributed by atoms with Crippen LogP contribution in [0.3, 0.4) is 0 Å². The highest BCUT2D eigenvalue weighted by atomic mass is 16.1. The number of nitriles is 1. The Hall–Kier alpha value is -2.22. The summed E-state index contributed by atoms with van der Waals surface area (Å²) in [7, 11) is 0. The van der Waals surface area contributed by atoms with Crippen LogP contribution in [0.1, 0.15) is 41.4 Å². The molecule has 1 rings (SSSR count). The summed E-state index contributed by atoms with van der Waals surface area (Å²) < 4.78 is 0. The van der Waals surface area contributed by atoms with Gasteiger partial charge in [-0.15, -0.1) is 0 Å². The molecule has 1 N–H and O–H groups in total. The van der Waals surface area contributed by atoms with Crippen LogP contribution in [-0.4, -0.2) is 16.6 Å². The van der Waals surface area contributed by atoms with Crippen molar-refractivity contribution in [3.8, 4) is 6.07 Å². The third kappa shape index (κ3) is 2.88. The van der Waals surface area contributed by atoms with Gasteiger partial charge in [-0.05, 0) is 13.0 Å². The summed E-state index contributed by atoms with van der Waals surface area (Å²) >= 11 is 0. The fraction of sp³-hybridized carbons (Fsp3) is 0.333. The number of pyridine rings is 1. The lowest BCUT2D eigenvalue weighted by molar-refractivity contribution is -0.117. The van der Waals surface area contributed by atoms with E-state index in [9.17, 15) is 14.4 Å². The van der Waals surface area contributed by atoms with Gasteiger partial charge in [0.2, 0.25) is 0 Å². The highest BCUT2D eigenvalue weighted by Gasteiger charge is 2.15. The summed E-state index contributed by atoms with van der Waals surface area (Å²) in [5, 5.41) is 8.70. The molecule has 5 heteroatoms. The number of H-pyrrole nitrogens is 1. The number of aromatic nitrogens is 1. The highest BCUT2D eigenvalue weighted by molar-refractivity contribution is 6.08. The summed E-state index contributed by atoms with van der Waals surface area (Å²) in [6.45, 7) is 3.24. The number of Topliss-reactive ketones (excluding diaryl/α,β-unsaturated/α-hetero) is 2. The highest BCUT2D eigenvalue weighted by Crippen LogP contribution is 2.09. The zero-order valence-corrected chi connectivity index (χ0v) is 9.66. The average molecular weight is 232 g/mol. The number of nitrogens with one attached hydrogen (secondary N) is 1. The molecular formula is C12H12N2O3. The first-order valence-electron chi connectivity index (χ1n) is 5.18. The van der Waals surface area contributed by atoms with Crippen LogP contribution in [0.15, 0.2) is 10.9 Å². The minimum Gasteiger partial charge on any atom is -0.325 e. The van der Waals surface area contributed by atoms with Gasteiger partial charge in [0.25, 0.3) is 5.56 Å². The number of carbonyl (C=O) groups excluding carboxylic acids is 2. The lowest BCUT2D eigenvalue weighted by Crippen LogP contribution is -2.17. The van der Waals surface area contributed by atoms with Crippen molar-refractivity contribution in [2.24, 2.45) is 0 Å². The quantitative estimate of drug-likeness (QED) is 0.621. The Morgan fingerprint density at radius 2 is 2.12 bits per heavy atom. The maximum absolute atomic E-state index is 11.8. The van der Waals surface area contributed by atoms with E-state index in [-0.39, 0.29) is 29.1 Å². The lowest BCUT2D eigenvalue weighted by atomic mass is 10.0. The Balaban J connectivity index is 3.15. The largest absolute Gasteiger partial charge is 0.325 e. The van der Waals surface area contributed by atoms with Crippen LogP contribution < -0.4 is 5.56 Å². The molecule has 1 aromatic rings. The molecular weight excluding hydrogens is 220 g/mol. The molecule has 0 fully saturated rings. The SMILES string of the molecule is CCC(=O)CC(=O)c1cc(C#N)c(=O)[nH]c1C. The van der Waals surface area contributed by atoms with Crippen molar-refractivity contribution in [2.75, 3.05) is 0 Å². The molecule has 0 aliphatic heterocycles. The molecule has 0 atom stereocenters. The van der Waals surface area contributed by atoms with Gasteiger partial charge in [-0.25, -0.2) is 0 Å². The predicted molar refractivity (Wildman–Crippen MR) is 60.8 cm³/mol. The molecule has 0 radical (unpaired) electrons. The number of aryl methyl sites for hydroxylation is 1. The summed E-state index contributed by atoms with van der Waals surface area (Å²) in [5.74, 6) is -0.541. The van der Waals surface area contributed by atoms with Gasteiger partial charge in [0, 0.05) is 17.7 Å². The van der Waals surface area contributed by atoms with E-state index >= 15 is 0 Å². The number of rotatable bonds is 4. The second-order valence-electron chi connectivity index (χ2n) is 3.65. The van der Waals surface area contributed by atoms with Crippen LogP contribution >= 0.6 is 0 Å². The molecule has 1 heterocycles. The van der Waals surface area contributed by atoms with Gasteiger partial charge in [-0.3, -0.25) is 14.4 Å². The number of ketones is 2. The summed E-state index contributed by atoms with van der Waals surface area (Å²) in [6.07, 6.45) is 0.0908. The lowest BCUT2D eigenvalue weighted by Gasteiger charge is -2.04. The van der Waals surface area contributed by atoms with Crippen LogP contribution in [0.5, 0.6) is 0 Å². The van der Waals surface area contributed by atoms with E-state index in [4.69, 9.17) is 5.26 Å². The first-order valence-corrected chi connectivity index (χ1v) is 5.18. The molecule has 17 heavy (non-hydrogen) atoms. The van der Waals surface area contributed by atoms with Crippen LogP contribution in [0, 0.1) is 18.3 Å². The van der Waals surface area contributed by atoms with Crippen LogP contribution in [0.2, 0.25) is 0 Å². The Morgan fingerprint density at radius 3 is 2.65 bits per heavy atom. The van der Waals surface area contributed by atoms with E-state index in [1.807, 2.05) is 0 Å². The fourth-order valence-corrected chi connectivity index (χ4v) is 1.40. The van der Waals surface area contributed by atoms with Gasteiger partial charge in [0.05, 0.1) is 6.42 Å². The molecule has 0 unspecified atom stereocenters. The zero-order chi connectivity index (χ0) is 13.0. The Labute approximate surface area is 98.1 Å². The van der Waals surface area contributed by atoms with Crippen molar-refractivity contribution in [3.05, 3.63) is 33.2 Å². The van der Waals surface area contributed by atoms with Crippen molar-refractivity contribution in [1.29, 1.82) is 5.26 Å². The molecule has 0 amide bonds. The molecule has 0 aromatic carbocycles. The second-order valence-corrected chi connectivity index (χ2v) is 3.65. The van der Waals surface area contributed by atoms with E-state index < -0.39 is 5.56 Å². The number of aromatic amines is 1. The minimum atomic E-state index is -0.525. The van der Waals surface area contributed by atoms with E-state index in [2.05, 4.69) is 4.98 Å². The van der Waals surface area contributed by atoms with Gasteiger partial charge < -0.3 is 4.98 Å². The maximum atomic E-state index is 11.8. The van der Waals surface area contributed by atoms with Crippen molar-refractivity contribution in [3.63, 3.8) is 0 Å². The molecule has 1 aromatic heterocycles. The minimum absolute atomic E-state index is 0.122. The van der Waals surface area contributed by atoms with E-state index in [1.165, 1.54) is 6.07 Å². The second kappa shape index (κ2) is 5.21. The molecule has 0 saturated heterocycles. The van der Waals surface area contributed by atoms with Crippen LogP contribution in [0.25, 0.3) is 0 Å². The summed E-state index contributed by atoms with van der Waals surface area (Å²) in [4.78, 5) is 36.6. The van der Waals surface area contributed by atoms with Crippen molar-refractivity contribution < 1.29 is 9.59 Å². The third-order valence-electron chi connectivity index (χ3n) is 2.41. The maximum Gasteiger partial charge on any atom is 0.266 e. The van der Waals surface area contributed by atoms with Crippen molar-refractivity contribution >= 4 is 11.6 Å².